The topological polar surface area (TPSA) is 79.5 Å². The fourth-order valence-corrected chi connectivity index (χ4v) is 2.75. The summed E-state index contributed by atoms with van der Waals surface area (Å²) in [5.74, 6) is 0.590. The Morgan fingerprint density at radius 1 is 1.33 bits per heavy atom. The van der Waals surface area contributed by atoms with Gasteiger partial charge in [0.2, 0.25) is 0 Å². The summed E-state index contributed by atoms with van der Waals surface area (Å²) in [5, 5.41) is 12.3. The molecule has 1 aliphatic carbocycles. The lowest BCUT2D eigenvalue weighted by molar-refractivity contribution is 0.253. The van der Waals surface area contributed by atoms with Crippen LogP contribution in [0.15, 0.2) is 53.2 Å². The third kappa shape index (κ3) is 1.80. The van der Waals surface area contributed by atoms with E-state index < -0.39 is 0 Å². The van der Waals surface area contributed by atoms with Crippen LogP contribution in [0.2, 0.25) is 0 Å². The van der Waals surface area contributed by atoms with Gasteiger partial charge in [-0.25, -0.2) is 9.78 Å². The number of aliphatic hydroxyl groups is 1. The molecule has 0 saturated heterocycles. The highest BCUT2D eigenvalue weighted by molar-refractivity contribution is 6.19. The van der Waals surface area contributed by atoms with E-state index in [1.165, 1.54) is 0 Å². The van der Waals surface area contributed by atoms with Gasteiger partial charge in [0.05, 0.1) is 28.5 Å². The van der Waals surface area contributed by atoms with Crippen LogP contribution in [-0.2, 0) is 6.61 Å². The van der Waals surface area contributed by atoms with E-state index in [0.29, 0.717) is 17.2 Å². The molecule has 21 heavy (non-hydrogen) atoms. The van der Waals surface area contributed by atoms with Gasteiger partial charge >= 0.3 is 6.03 Å². The molecule has 6 heteroatoms. The number of fused-ring (bicyclic) bond motifs is 2. The Hall–Kier alpha value is -2.73. The number of benzene rings is 1. The van der Waals surface area contributed by atoms with Crippen molar-refractivity contribution in [2.75, 3.05) is 0 Å². The van der Waals surface area contributed by atoms with Crippen LogP contribution in [0.4, 0.5) is 4.79 Å². The molecule has 0 bridgehead atoms. The van der Waals surface area contributed by atoms with Crippen molar-refractivity contribution in [3.8, 4) is 0 Å². The lowest BCUT2D eigenvalue weighted by Crippen LogP contribution is -2.19. The Balaban J connectivity index is 1.86. The van der Waals surface area contributed by atoms with Crippen LogP contribution in [-0.4, -0.2) is 26.4 Å². The molecule has 0 spiro atoms. The van der Waals surface area contributed by atoms with E-state index in [4.69, 9.17) is 0 Å². The van der Waals surface area contributed by atoms with Crippen LogP contribution < -0.4 is 5.32 Å². The zero-order valence-electron chi connectivity index (χ0n) is 11.0. The first-order chi connectivity index (χ1) is 10.3. The van der Waals surface area contributed by atoms with Crippen LogP contribution in [0.25, 0.3) is 11.0 Å². The number of aromatic nitrogens is 2. The Kier molecular flexibility index (Phi) is 2.52. The van der Waals surface area contributed by atoms with Crippen molar-refractivity contribution in [3.63, 3.8) is 0 Å². The number of carbonyl (C=O) groups is 1. The number of para-hydroxylation sites is 2. The number of aliphatic hydroxyl groups excluding tert-OH is 1. The zero-order valence-corrected chi connectivity index (χ0v) is 11.0. The molecule has 2 aliphatic rings. The molecule has 2 N–H and O–H groups in total. The highest BCUT2D eigenvalue weighted by atomic mass is 16.3. The van der Waals surface area contributed by atoms with Gasteiger partial charge in [-0.05, 0) is 24.3 Å². The fourth-order valence-electron chi connectivity index (χ4n) is 2.75. The maximum absolute atomic E-state index is 11.3. The highest BCUT2D eigenvalue weighted by Crippen LogP contribution is 2.27. The minimum absolute atomic E-state index is 0.119. The van der Waals surface area contributed by atoms with E-state index in [9.17, 15) is 9.90 Å². The Bertz CT molecular complexity index is 844. The SMILES string of the molecule is O=C1N=C2C=CC(n3c(CO)nc4ccccc43)C=C2N1. The van der Waals surface area contributed by atoms with E-state index in [0.717, 1.165) is 11.0 Å². The molecule has 4 rings (SSSR count). The molecule has 6 nitrogen and oxygen atoms in total. The van der Waals surface area contributed by atoms with E-state index in [-0.39, 0.29) is 18.7 Å². The lowest BCUT2D eigenvalue weighted by Gasteiger charge is -2.18. The first kappa shape index (κ1) is 12.0. The quantitative estimate of drug-likeness (QED) is 0.878. The van der Waals surface area contributed by atoms with Gasteiger partial charge in [-0.15, -0.1) is 0 Å². The lowest BCUT2D eigenvalue weighted by atomic mass is 10.1. The van der Waals surface area contributed by atoms with E-state index in [1.54, 1.807) is 0 Å². The van der Waals surface area contributed by atoms with Crippen molar-refractivity contribution < 1.29 is 9.90 Å². The summed E-state index contributed by atoms with van der Waals surface area (Å²) in [6.07, 6.45) is 5.67. The molecule has 2 aromatic rings. The second-order valence-electron chi connectivity index (χ2n) is 4.90. The van der Waals surface area contributed by atoms with Gasteiger partial charge in [-0.1, -0.05) is 18.2 Å². The molecule has 1 aliphatic heterocycles. The van der Waals surface area contributed by atoms with E-state index >= 15 is 0 Å². The molecule has 1 aromatic carbocycles. The minimum atomic E-state index is -0.348. The summed E-state index contributed by atoms with van der Waals surface area (Å²) in [6.45, 7) is -0.143. The number of urea groups is 1. The number of nitrogens with zero attached hydrogens (tertiary/aromatic N) is 3. The third-order valence-corrected chi connectivity index (χ3v) is 3.64. The van der Waals surface area contributed by atoms with Crippen molar-refractivity contribution in [2.24, 2.45) is 4.99 Å². The second kappa shape index (κ2) is 4.39. The summed E-state index contributed by atoms with van der Waals surface area (Å²) in [4.78, 5) is 19.6. The summed E-state index contributed by atoms with van der Waals surface area (Å²) in [5.41, 5.74) is 3.13. The summed E-state index contributed by atoms with van der Waals surface area (Å²) >= 11 is 0. The maximum atomic E-state index is 11.3. The van der Waals surface area contributed by atoms with Gasteiger partial charge in [0.25, 0.3) is 0 Å². The smallest absolute Gasteiger partial charge is 0.346 e. The number of imidazole rings is 1. The van der Waals surface area contributed by atoms with Gasteiger partial charge in [-0.3, -0.25) is 0 Å². The molecule has 2 amide bonds. The van der Waals surface area contributed by atoms with E-state index in [1.807, 2.05) is 47.1 Å². The summed E-state index contributed by atoms with van der Waals surface area (Å²) < 4.78 is 1.96. The number of nitrogens with one attached hydrogen (secondary N) is 1. The second-order valence-corrected chi connectivity index (χ2v) is 4.90. The number of amides is 2. The summed E-state index contributed by atoms with van der Waals surface area (Å²) in [6, 6.07) is 7.26. The highest BCUT2D eigenvalue weighted by Gasteiger charge is 2.24. The fraction of sp³-hybridized carbons (Fsp3) is 0.133. The molecular weight excluding hydrogens is 268 g/mol. The third-order valence-electron chi connectivity index (χ3n) is 3.64. The van der Waals surface area contributed by atoms with Crippen LogP contribution in [0, 0.1) is 0 Å². The molecule has 1 aromatic heterocycles. The number of carbonyl (C=O) groups excluding carboxylic acids is 1. The summed E-state index contributed by atoms with van der Waals surface area (Å²) in [7, 11) is 0. The monoisotopic (exact) mass is 280 g/mol. The Morgan fingerprint density at radius 3 is 3.05 bits per heavy atom. The average Bonchev–Trinajstić information content (AvgIpc) is 3.05. The number of hydrogen-bond acceptors (Lipinski definition) is 3. The van der Waals surface area contributed by atoms with Gasteiger partial charge in [-0.2, -0.15) is 4.99 Å². The Labute approximate surface area is 120 Å². The van der Waals surface area contributed by atoms with Gasteiger partial charge in [0.1, 0.15) is 12.4 Å². The van der Waals surface area contributed by atoms with Crippen molar-refractivity contribution >= 4 is 22.8 Å². The van der Waals surface area contributed by atoms with Crippen LogP contribution in [0.5, 0.6) is 0 Å². The van der Waals surface area contributed by atoms with Gasteiger partial charge in [0.15, 0.2) is 0 Å². The van der Waals surface area contributed by atoms with Gasteiger partial charge in [0, 0.05) is 0 Å². The van der Waals surface area contributed by atoms with E-state index in [2.05, 4.69) is 15.3 Å². The average molecular weight is 280 g/mol. The number of hydrogen-bond donors (Lipinski definition) is 2. The first-order valence-electron chi connectivity index (χ1n) is 6.63. The molecule has 2 heterocycles. The van der Waals surface area contributed by atoms with Crippen molar-refractivity contribution in [3.05, 3.63) is 54.0 Å². The largest absolute Gasteiger partial charge is 0.388 e. The molecule has 1 unspecified atom stereocenters. The molecule has 104 valence electrons. The normalized spacial score (nSPS) is 20.2. The van der Waals surface area contributed by atoms with Gasteiger partial charge < -0.3 is 15.0 Å². The standard InChI is InChI=1S/C15H12N4O2/c20-8-14-16-11-3-1-2-4-13(11)19(14)9-5-6-10-12(7-9)18-15(21)17-10/h1-7,9,20H,8H2,(H,18,21). The Morgan fingerprint density at radius 2 is 2.19 bits per heavy atom. The molecule has 0 saturated carbocycles. The maximum Gasteiger partial charge on any atom is 0.346 e. The molecule has 0 radical (unpaired) electrons. The predicted octanol–water partition coefficient (Wildman–Crippen LogP) is 1.69. The van der Waals surface area contributed by atoms with Crippen LogP contribution in [0.3, 0.4) is 0 Å². The number of allylic oxidation sites excluding steroid dienone is 3. The van der Waals surface area contributed by atoms with Crippen molar-refractivity contribution in [1.29, 1.82) is 0 Å². The first-order valence-corrected chi connectivity index (χ1v) is 6.63. The van der Waals surface area contributed by atoms with Crippen molar-refractivity contribution in [2.45, 2.75) is 12.6 Å². The van der Waals surface area contributed by atoms with Crippen LogP contribution >= 0.6 is 0 Å². The number of aliphatic imine (C=N–C) groups is 1. The van der Waals surface area contributed by atoms with Crippen LogP contribution in [0.1, 0.15) is 11.9 Å². The predicted molar refractivity (Wildman–Crippen MR) is 77.9 cm³/mol. The minimum Gasteiger partial charge on any atom is -0.388 e. The zero-order chi connectivity index (χ0) is 14.4. The molecular formula is C15H12N4O2. The molecule has 0 fully saturated rings. The molecule has 1 atom stereocenters. The van der Waals surface area contributed by atoms with Crippen molar-refractivity contribution in [1.82, 2.24) is 14.9 Å². The number of rotatable bonds is 2.